The fourth-order valence-electron chi connectivity index (χ4n) is 1.96. The van der Waals surface area contributed by atoms with Crippen molar-refractivity contribution in [2.75, 3.05) is 36.0 Å². The molecule has 104 valence electrons. The Bertz CT molecular complexity index is 436. The van der Waals surface area contributed by atoms with E-state index < -0.39 is 0 Å². The van der Waals surface area contributed by atoms with Crippen molar-refractivity contribution in [1.82, 2.24) is 15.4 Å². The monoisotopic (exact) mass is 280 g/mol. The highest BCUT2D eigenvalue weighted by Crippen LogP contribution is 2.34. The molecule has 19 heavy (non-hydrogen) atoms. The van der Waals surface area contributed by atoms with Crippen LogP contribution in [0.4, 0.5) is 11.5 Å². The molecule has 0 radical (unpaired) electrons. The van der Waals surface area contributed by atoms with E-state index >= 15 is 0 Å². The standard InChI is InChI=1S/C12H20N6S/c1-5-17(6-2)10-11(18(7-3)8-4)14-16-15-12(10)19-9-13/h5-8H2,1-4H3. The van der Waals surface area contributed by atoms with Crippen molar-refractivity contribution < 1.29 is 0 Å². The molecule has 1 rings (SSSR count). The van der Waals surface area contributed by atoms with Gasteiger partial charge in [0.15, 0.2) is 10.8 Å². The van der Waals surface area contributed by atoms with Gasteiger partial charge in [0.2, 0.25) is 0 Å². The molecular formula is C12H20N6S. The molecule has 0 bridgehead atoms. The Balaban J connectivity index is 3.36. The number of hydrogen-bond acceptors (Lipinski definition) is 7. The van der Waals surface area contributed by atoms with Gasteiger partial charge >= 0.3 is 0 Å². The van der Waals surface area contributed by atoms with Crippen molar-refractivity contribution in [3.8, 4) is 5.40 Å². The van der Waals surface area contributed by atoms with Crippen LogP contribution < -0.4 is 9.80 Å². The van der Waals surface area contributed by atoms with Crippen LogP contribution in [-0.4, -0.2) is 41.6 Å². The van der Waals surface area contributed by atoms with Gasteiger partial charge in [0.25, 0.3) is 0 Å². The van der Waals surface area contributed by atoms with E-state index in [1.165, 1.54) is 0 Å². The molecular weight excluding hydrogens is 260 g/mol. The lowest BCUT2D eigenvalue weighted by molar-refractivity contribution is 0.731. The maximum absolute atomic E-state index is 8.91. The molecule has 0 unspecified atom stereocenters. The largest absolute Gasteiger partial charge is 0.367 e. The second-order valence-electron chi connectivity index (χ2n) is 3.80. The molecule has 0 spiro atoms. The number of aromatic nitrogens is 3. The molecule has 0 atom stereocenters. The molecule has 1 aromatic heterocycles. The number of thioether (sulfide) groups is 1. The summed E-state index contributed by atoms with van der Waals surface area (Å²) >= 11 is 1.04. The second-order valence-corrected chi connectivity index (χ2v) is 4.58. The van der Waals surface area contributed by atoms with E-state index in [1.807, 2.05) is 0 Å². The van der Waals surface area contributed by atoms with Gasteiger partial charge in [-0.25, -0.2) is 0 Å². The summed E-state index contributed by atoms with van der Waals surface area (Å²) < 4.78 is 0. The van der Waals surface area contributed by atoms with E-state index in [0.29, 0.717) is 5.03 Å². The molecule has 7 heteroatoms. The third-order valence-electron chi connectivity index (χ3n) is 2.97. The van der Waals surface area contributed by atoms with Gasteiger partial charge in [0.05, 0.1) is 0 Å². The van der Waals surface area contributed by atoms with Crippen molar-refractivity contribution in [1.29, 1.82) is 5.26 Å². The van der Waals surface area contributed by atoms with Crippen molar-refractivity contribution in [3.63, 3.8) is 0 Å². The number of nitrogens with zero attached hydrogens (tertiary/aromatic N) is 6. The minimum Gasteiger partial charge on any atom is -0.367 e. The molecule has 0 amide bonds. The lowest BCUT2D eigenvalue weighted by Gasteiger charge is -2.28. The minimum atomic E-state index is 0.628. The predicted molar refractivity (Wildman–Crippen MR) is 78.4 cm³/mol. The number of nitriles is 1. The number of rotatable bonds is 7. The average Bonchev–Trinajstić information content (AvgIpc) is 2.44. The molecule has 0 aliphatic heterocycles. The lowest BCUT2D eigenvalue weighted by atomic mass is 10.3. The maximum atomic E-state index is 8.91. The topological polar surface area (TPSA) is 68.9 Å². The van der Waals surface area contributed by atoms with Crippen LogP contribution in [-0.2, 0) is 0 Å². The Morgan fingerprint density at radius 2 is 1.58 bits per heavy atom. The Morgan fingerprint density at radius 1 is 1.00 bits per heavy atom. The van der Waals surface area contributed by atoms with Crippen molar-refractivity contribution in [2.45, 2.75) is 32.7 Å². The normalized spacial score (nSPS) is 10.1. The quantitative estimate of drug-likeness (QED) is 0.560. The highest BCUT2D eigenvalue weighted by atomic mass is 32.2. The lowest BCUT2D eigenvalue weighted by Crippen LogP contribution is -2.30. The maximum Gasteiger partial charge on any atom is 0.179 e. The Labute approximate surface area is 118 Å². The zero-order valence-corrected chi connectivity index (χ0v) is 12.7. The van der Waals surface area contributed by atoms with Crippen LogP contribution >= 0.6 is 11.8 Å². The number of thiocyanates is 1. The van der Waals surface area contributed by atoms with Crippen LogP contribution in [0.25, 0.3) is 0 Å². The van der Waals surface area contributed by atoms with Gasteiger partial charge < -0.3 is 9.80 Å². The zero-order valence-electron chi connectivity index (χ0n) is 11.9. The average molecular weight is 280 g/mol. The van der Waals surface area contributed by atoms with Gasteiger partial charge in [-0.15, -0.1) is 10.2 Å². The zero-order chi connectivity index (χ0) is 14.3. The van der Waals surface area contributed by atoms with E-state index in [-0.39, 0.29) is 0 Å². The van der Waals surface area contributed by atoms with E-state index in [1.54, 1.807) is 0 Å². The third-order valence-corrected chi connectivity index (χ3v) is 3.53. The van der Waals surface area contributed by atoms with Crippen LogP contribution in [0.15, 0.2) is 5.03 Å². The molecule has 0 saturated heterocycles. The van der Waals surface area contributed by atoms with Gasteiger partial charge in [-0.05, 0) is 32.9 Å². The molecule has 6 nitrogen and oxygen atoms in total. The first-order valence-electron chi connectivity index (χ1n) is 6.52. The van der Waals surface area contributed by atoms with Crippen LogP contribution in [0.1, 0.15) is 27.7 Å². The fourth-order valence-corrected chi connectivity index (χ4v) is 2.44. The first-order chi connectivity index (χ1) is 9.23. The molecule has 0 aromatic carbocycles. The fraction of sp³-hybridized carbons (Fsp3) is 0.667. The van der Waals surface area contributed by atoms with Crippen molar-refractivity contribution in [2.24, 2.45) is 0 Å². The summed E-state index contributed by atoms with van der Waals surface area (Å²) in [5.41, 5.74) is 0.912. The van der Waals surface area contributed by atoms with Crippen LogP contribution in [0.5, 0.6) is 0 Å². The van der Waals surface area contributed by atoms with Crippen LogP contribution in [0.3, 0.4) is 0 Å². The Kier molecular flexibility index (Phi) is 6.36. The molecule has 0 N–H and O–H groups in total. The minimum absolute atomic E-state index is 0.628. The summed E-state index contributed by atoms with van der Waals surface area (Å²) in [5, 5.41) is 23.6. The Morgan fingerprint density at radius 3 is 2.05 bits per heavy atom. The summed E-state index contributed by atoms with van der Waals surface area (Å²) in [4.78, 5) is 4.29. The number of anilines is 2. The molecule has 1 heterocycles. The van der Waals surface area contributed by atoms with E-state index in [4.69, 9.17) is 5.26 Å². The summed E-state index contributed by atoms with van der Waals surface area (Å²) in [5.74, 6) is 0.807. The first kappa shape index (κ1) is 15.5. The smallest absolute Gasteiger partial charge is 0.179 e. The first-order valence-corrected chi connectivity index (χ1v) is 7.34. The Hall–Kier alpha value is -1.55. The van der Waals surface area contributed by atoms with Crippen molar-refractivity contribution >= 4 is 23.3 Å². The SMILES string of the molecule is CCN(CC)c1nnnc(SC#N)c1N(CC)CC. The molecule has 0 aliphatic carbocycles. The van der Waals surface area contributed by atoms with E-state index in [9.17, 15) is 0 Å². The molecule has 0 aliphatic rings. The van der Waals surface area contributed by atoms with Gasteiger partial charge in [0.1, 0.15) is 11.1 Å². The summed E-state index contributed by atoms with van der Waals surface area (Å²) in [6, 6.07) is 0. The highest BCUT2D eigenvalue weighted by Gasteiger charge is 2.21. The van der Waals surface area contributed by atoms with Crippen LogP contribution in [0, 0.1) is 10.7 Å². The van der Waals surface area contributed by atoms with E-state index in [0.717, 1.165) is 49.4 Å². The summed E-state index contributed by atoms with van der Waals surface area (Å²) in [6.45, 7) is 11.7. The van der Waals surface area contributed by atoms with E-state index in [2.05, 4.69) is 58.3 Å². The van der Waals surface area contributed by atoms with Crippen LogP contribution in [0.2, 0.25) is 0 Å². The molecule has 1 aromatic rings. The summed E-state index contributed by atoms with van der Waals surface area (Å²) in [6.07, 6.45) is 0. The molecule has 0 fully saturated rings. The molecule has 0 saturated carbocycles. The van der Waals surface area contributed by atoms with Gasteiger partial charge in [-0.1, -0.05) is 0 Å². The van der Waals surface area contributed by atoms with Crippen molar-refractivity contribution in [3.05, 3.63) is 0 Å². The van der Waals surface area contributed by atoms with Gasteiger partial charge in [-0.2, -0.15) is 5.26 Å². The number of hydrogen-bond donors (Lipinski definition) is 0. The van der Waals surface area contributed by atoms with Gasteiger partial charge in [-0.3, -0.25) is 0 Å². The predicted octanol–water partition coefficient (Wildman–Crippen LogP) is 2.14. The third kappa shape index (κ3) is 3.47. The highest BCUT2D eigenvalue weighted by molar-refractivity contribution is 8.03. The summed E-state index contributed by atoms with van der Waals surface area (Å²) in [7, 11) is 0. The van der Waals surface area contributed by atoms with Gasteiger partial charge in [0, 0.05) is 37.9 Å². The second kappa shape index (κ2) is 7.79.